The summed E-state index contributed by atoms with van der Waals surface area (Å²) in [4.78, 5) is 19.1. The molecule has 1 aliphatic heterocycles. The van der Waals surface area contributed by atoms with Crippen LogP contribution in [0.15, 0.2) is 35.7 Å². The fourth-order valence-electron chi connectivity index (χ4n) is 4.12. The number of rotatable bonds is 9. The van der Waals surface area contributed by atoms with Crippen molar-refractivity contribution in [2.24, 2.45) is 0 Å². The number of carbonyl (C=O) groups excluding carboxylic acids is 1. The highest BCUT2D eigenvalue weighted by atomic mass is 32.1. The molecule has 0 radical (unpaired) electrons. The van der Waals surface area contributed by atoms with Crippen LogP contribution in [0.1, 0.15) is 30.3 Å². The molecule has 1 amide bonds. The van der Waals surface area contributed by atoms with Gasteiger partial charge >= 0.3 is 0 Å². The van der Waals surface area contributed by atoms with Gasteiger partial charge in [-0.3, -0.25) is 9.69 Å². The molecule has 1 aromatic heterocycles. The van der Waals surface area contributed by atoms with Crippen LogP contribution < -0.4 is 14.8 Å². The van der Waals surface area contributed by atoms with Gasteiger partial charge in [0, 0.05) is 37.1 Å². The molecular weight excluding hydrogens is 398 g/mol. The average Bonchev–Trinajstić information content (AvgIpc) is 3.28. The molecule has 0 spiro atoms. The average molecular weight is 432 g/mol. The lowest BCUT2D eigenvalue weighted by atomic mass is 10.0. The Morgan fingerprint density at radius 1 is 1.13 bits per heavy atom. The van der Waals surface area contributed by atoms with Crippen LogP contribution >= 0.6 is 11.3 Å². The molecule has 30 heavy (non-hydrogen) atoms. The SMILES string of the molecule is CCN1CCN(C(c2cccs2)C(C)NC(=O)Cc2ccc(OC)c(OC)c2)CC1. The smallest absolute Gasteiger partial charge is 0.224 e. The van der Waals surface area contributed by atoms with Crippen molar-refractivity contribution in [1.29, 1.82) is 0 Å². The maximum atomic E-state index is 12.8. The maximum absolute atomic E-state index is 12.8. The second kappa shape index (κ2) is 10.8. The Balaban J connectivity index is 1.66. The zero-order chi connectivity index (χ0) is 21.5. The Bertz CT molecular complexity index is 804. The molecule has 2 heterocycles. The molecule has 7 heteroatoms. The molecule has 1 N–H and O–H groups in total. The lowest BCUT2D eigenvalue weighted by Gasteiger charge is -2.41. The van der Waals surface area contributed by atoms with Gasteiger partial charge in [0.15, 0.2) is 11.5 Å². The van der Waals surface area contributed by atoms with Crippen molar-refractivity contribution in [2.75, 3.05) is 46.9 Å². The number of hydrogen-bond acceptors (Lipinski definition) is 6. The molecule has 0 aliphatic carbocycles. The number of amides is 1. The van der Waals surface area contributed by atoms with Crippen molar-refractivity contribution < 1.29 is 14.3 Å². The molecule has 3 rings (SSSR count). The highest BCUT2D eigenvalue weighted by molar-refractivity contribution is 7.10. The Labute approximate surface area is 183 Å². The first-order chi connectivity index (χ1) is 14.5. The highest BCUT2D eigenvalue weighted by Gasteiger charge is 2.30. The molecule has 2 atom stereocenters. The van der Waals surface area contributed by atoms with Gasteiger partial charge < -0.3 is 19.7 Å². The minimum absolute atomic E-state index is 0.0171. The van der Waals surface area contributed by atoms with Crippen molar-refractivity contribution >= 4 is 17.2 Å². The summed E-state index contributed by atoms with van der Waals surface area (Å²) in [5, 5.41) is 5.36. The molecule has 6 nitrogen and oxygen atoms in total. The van der Waals surface area contributed by atoms with Crippen molar-refractivity contribution in [2.45, 2.75) is 32.4 Å². The van der Waals surface area contributed by atoms with Gasteiger partial charge in [-0.25, -0.2) is 0 Å². The van der Waals surface area contributed by atoms with Crippen LogP contribution in [0.25, 0.3) is 0 Å². The predicted molar refractivity (Wildman–Crippen MR) is 122 cm³/mol. The molecule has 2 aromatic rings. The van der Waals surface area contributed by atoms with E-state index >= 15 is 0 Å². The second-order valence-corrected chi connectivity index (χ2v) is 8.63. The minimum Gasteiger partial charge on any atom is -0.493 e. The van der Waals surface area contributed by atoms with E-state index in [0.29, 0.717) is 17.9 Å². The van der Waals surface area contributed by atoms with Gasteiger partial charge in [0.25, 0.3) is 0 Å². The van der Waals surface area contributed by atoms with Crippen LogP contribution in [0, 0.1) is 0 Å². The summed E-state index contributed by atoms with van der Waals surface area (Å²) in [6, 6.07) is 10.1. The Morgan fingerprint density at radius 2 is 1.87 bits per heavy atom. The van der Waals surface area contributed by atoms with Crippen molar-refractivity contribution in [3.63, 3.8) is 0 Å². The van der Waals surface area contributed by atoms with Gasteiger partial charge in [0.05, 0.1) is 26.7 Å². The Kier molecular flexibility index (Phi) is 8.13. The van der Waals surface area contributed by atoms with E-state index < -0.39 is 0 Å². The maximum Gasteiger partial charge on any atom is 0.224 e. The number of hydrogen-bond donors (Lipinski definition) is 1. The van der Waals surface area contributed by atoms with E-state index in [2.05, 4.69) is 46.5 Å². The van der Waals surface area contributed by atoms with Crippen LogP contribution in [0.4, 0.5) is 0 Å². The number of ether oxygens (including phenoxy) is 2. The first-order valence-electron chi connectivity index (χ1n) is 10.6. The van der Waals surface area contributed by atoms with E-state index in [4.69, 9.17) is 9.47 Å². The molecule has 1 saturated heterocycles. The summed E-state index contributed by atoms with van der Waals surface area (Å²) in [6.07, 6.45) is 0.311. The Hall–Kier alpha value is -2.09. The van der Waals surface area contributed by atoms with Crippen LogP contribution in [-0.2, 0) is 11.2 Å². The number of thiophene rings is 1. The molecule has 0 bridgehead atoms. The number of likely N-dealkylation sites (N-methyl/N-ethyl adjacent to an activating group) is 1. The van der Waals surface area contributed by atoms with E-state index in [0.717, 1.165) is 38.3 Å². The normalized spacial score (nSPS) is 17.3. The molecule has 1 aromatic carbocycles. The molecule has 1 aliphatic rings. The lowest BCUT2D eigenvalue weighted by molar-refractivity contribution is -0.121. The number of benzene rings is 1. The first-order valence-corrected chi connectivity index (χ1v) is 11.4. The third kappa shape index (κ3) is 5.53. The van der Waals surface area contributed by atoms with Gasteiger partial charge in [0.1, 0.15) is 0 Å². The van der Waals surface area contributed by atoms with E-state index in [1.165, 1.54) is 4.88 Å². The first kappa shape index (κ1) is 22.6. The molecule has 0 saturated carbocycles. The number of nitrogens with one attached hydrogen (secondary N) is 1. The van der Waals surface area contributed by atoms with Crippen molar-refractivity contribution in [3.8, 4) is 11.5 Å². The summed E-state index contributed by atoms with van der Waals surface area (Å²) in [5.74, 6) is 1.32. The predicted octanol–water partition coefficient (Wildman–Crippen LogP) is 3.19. The number of carbonyl (C=O) groups is 1. The topological polar surface area (TPSA) is 54.0 Å². The Morgan fingerprint density at radius 3 is 2.47 bits per heavy atom. The van der Waals surface area contributed by atoms with Crippen molar-refractivity contribution in [3.05, 3.63) is 46.2 Å². The third-order valence-electron chi connectivity index (χ3n) is 5.76. The summed E-state index contributed by atoms with van der Waals surface area (Å²) in [5.41, 5.74) is 0.904. The monoisotopic (exact) mass is 431 g/mol. The zero-order valence-corrected chi connectivity index (χ0v) is 19.2. The third-order valence-corrected chi connectivity index (χ3v) is 6.70. The standard InChI is InChI=1S/C23H33N3O3S/c1-5-25-10-12-26(13-11-25)23(21-7-6-14-30-21)17(2)24-22(27)16-18-8-9-19(28-3)20(15-18)29-4/h6-9,14-15,17,23H,5,10-13,16H2,1-4H3,(H,24,27). The number of methoxy groups -OCH3 is 2. The van der Waals surface area contributed by atoms with Crippen LogP contribution in [0.5, 0.6) is 11.5 Å². The van der Waals surface area contributed by atoms with Crippen LogP contribution in [-0.4, -0.2) is 68.7 Å². The molecule has 1 fully saturated rings. The quantitative estimate of drug-likeness (QED) is 0.661. The van der Waals surface area contributed by atoms with Gasteiger partial charge in [0.2, 0.25) is 5.91 Å². The summed E-state index contributed by atoms with van der Waals surface area (Å²) < 4.78 is 10.6. The molecular formula is C23H33N3O3S. The van der Waals surface area contributed by atoms with E-state index in [9.17, 15) is 4.79 Å². The van der Waals surface area contributed by atoms with Gasteiger partial charge in [-0.1, -0.05) is 19.1 Å². The van der Waals surface area contributed by atoms with E-state index in [1.807, 2.05) is 18.2 Å². The van der Waals surface area contributed by atoms with Gasteiger partial charge in [-0.2, -0.15) is 0 Å². The van der Waals surface area contributed by atoms with E-state index in [1.54, 1.807) is 25.6 Å². The number of piperazine rings is 1. The largest absolute Gasteiger partial charge is 0.493 e. The van der Waals surface area contributed by atoms with Crippen molar-refractivity contribution in [1.82, 2.24) is 15.1 Å². The van der Waals surface area contributed by atoms with Gasteiger partial charge in [-0.15, -0.1) is 11.3 Å². The lowest BCUT2D eigenvalue weighted by Crippen LogP contribution is -2.52. The minimum atomic E-state index is 0.0171. The number of nitrogens with zero attached hydrogens (tertiary/aromatic N) is 2. The highest BCUT2D eigenvalue weighted by Crippen LogP contribution is 2.30. The molecule has 2 unspecified atom stereocenters. The second-order valence-electron chi connectivity index (χ2n) is 7.65. The zero-order valence-electron chi connectivity index (χ0n) is 18.4. The summed E-state index contributed by atoms with van der Waals surface area (Å²) in [6.45, 7) is 9.61. The fraction of sp³-hybridized carbons (Fsp3) is 0.522. The fourth-order valence-corrected chi connectivity index (χ4v) is 5.08. The van der Waals surface area contributed by atoms with Gasteiger partial charge in [-0.05, 0) is 42.6 Å². The van der Waals surface area contributed by atoms with E-state index in [-0.39, 0.29) is 18.0 Å². The summed E-state index contributed by atoms with van der Waals surface area (Å²) in [7, 11) is 3.21. The summed E-state index contributed by atoms with van der Waals surface area (Å²) >= 11 is 1.76. The van der Waals surface area contributed by atoms with Crippen LogP contribution in [0.3, 0.4) is 0 Å². The molecule has 164 valence electrons. The van der Waals surface area contributed by atoms with Crippen LogP contribution in [0.2, 0.25) is 0 Å².